The molecule has 0 aliphatic rings. The summed E-state index contributed by atoms with van der Waals surface area (Å²) in [5.41, 5.74) is 3.18. The normalized spacial score (nSPS) is 11.5. The van der Waals surface area contributed by atoms with E-state index in [1.54, 1.807) is 80.6 Å². The highest BCUT2D eigenvalue weighted by atomic mass is 32.2. The van der Waals surface area contributed by atoms with E-state index >= 15 is 0 Å². The minimum absolute atomic E-state index is 0.0561. The molecule has 4 aromatic rings. The lowest BCUT2D eigenvalue weighted by Gasteiger charge is -2.17. The summed E-state index contributed by atoms with van der Waals surface area (Å²) < 4.78 is 27.9. The summed E-state index contributed by atoms with van der Waals surface area (Å²) in [6.07, 6.45) is 5.13. The number of amides is 1. The molecule has 0 radical (unpaired) electrons. The van der Waals surface area contributed by atoms with Crippen LogP contribution in [0.4, 0.5) is 5.69 Å². The molecule has 4 rings (SSSR count). The van der Waals surface area contributed by atoms with E-state index in [9.17, 15) is 14.6 Å². The van der Waals surface area contributed by atoms with Gasteiger partial charge in [-0.3, -0.25) is 9.48 Å². The highest BCUT2D eigenvalue weighted by Gasteiger charge is 2.23. The van der Waals surface area contributed by atoms with E-state index in [1.807, 2.05) is 6.20 Å². The molecule has 1 atom stereocenters. The molecule has 0 spiro atoms. The lowest BCUT2D eigenvalue weighted by Crippen LogP contribution is -2.19. The maximum Gasteiger partial charge on any atom is 0.261 e. The van der Waals surface area contributed by atoms with Crippen LogP contribution in [0.5, 0.6) is 17.4 Å². The second kappa shape index (κ2) is 11.1. The first kappa shape index (κ1) is 25.7. The number of nitrogens with zero attached hydrogens (tertiary/aromatic N) is 4. The molecule has 37 heavy (non-hydrogen) atoms. The van der Waals surface area contributed by atoms with Crippen molar-refractivity contribution >= 4 is 23.0 Å². The predicted molar refractivity (Wildman–Crippen MR) is 139 cm³/mol. The molecule has 11 heteroatoms. The highest BCUT2D eigenvalue weighted by Crippen LogP contribution is 2.36. The number of aryl methyl sites for hydroxylation is 1. The van der Waals surface area contributed by atoms with Crippen LogP contribution >= 0.6 is 0 Å². The van der Waals surface area contributed by atoms with Crippen LogP contribution in [0.3, 0.4) is 0 Å². The van der Waals surface area contributed by atoms with Crippen molar-refractivity contribution in [2.75, 3.05) is 19.5 Å². The number of rotatable bonds is 8. The number of nitriles is 1. The summed E-state index contributed by atoms with van der Waals surface area (Å²) in [7, 11) is 4.85. The molecule has 2 N–H and O–H groups in total. The summed E-state index contributed by atoms with van der Waals surface area (Å²) >= 11 is -1.41. The van der Waals surface area contributed by atoms with Crippen LogP contribution in [0.2, 0.25) is 0 Å². The van der Waals surface area contributed by atoms with Crippen molar-refractivity contribution in [3.8, 4) is 34.6 Å². The summed E-state index contributed by atoms with van der Waals surface area (Å²) in [6, 6.07) is 13.5. The Balaban J connectivity index is 1.78. The molecule has 1 amide bonds. The molecular weight excluding hydrogens is 492 g/mol. The average Bonchev–Trinajstić information content (AvgIpc) is 3.34. The fraction of sp³-hybridized carbons (Fsp3) is 0.154. The zero-order valence-corrected chi connectivity index (χ0v) is 21.4. The second-order valence-corrected chi connectivity index (χ2v) is 9.33. The Bertz CT molecular complexity index is 1500. The van der Waals surface area contributed by atoms with Gasteiger partial charge in [-0.15, -0.1) is 4.72 Å². The zero-order chi connectivity index (χ0) is 26.5. The molecule has 0 aliphatic heterocycles. The molecule has 0 unspecified atom stereocenters. The van der Waals surface area contributed by atoms with Crippen molar-refractivity contribution in [1.29, 1.82) is 5.26 Å². The lowest BCUT2D eigenvalue weighted by atomic mass is 10.0. The minimum atomic E-state index is -1.41. The topological polar surface area (TPSA) is 137 Å². The molecule has 0 saturated carbocycles. The van der Waals surface area contributed by atoms with Crippen molar-refractivity contribution in [2.24, 2.45) is 7.05 Å². The van der Waals surface area contributed by atoms with Gasteiger partial charge in [0.1, 0.15) is 5.56 Å². The summed E-state index contributed by atoms with van der Waals surface area (Å²) in [6.45, 7) is 1.80. The highest BCUT2D eigenvalue weighted by molar-refractivity contribution is 7.89. The van der Waals surface area contributed by atoms with Gasteiger partial charge in [-0.05, 0) is 36.8 Å². The molecule has 10 nitrogen and oxygen atoms in total. The fourth-order valence-electron chi connectivity index (χ4n) is 3.70. The van der Waals surface area contributed by atoms with E-state index in [2.05, 4.69) is 26.2 Å². The zero-order valence-electron chi connectivity index (χ0n) is 20.6. The molecule has 0 aliphatic carbocycles. The Kier molecular flexibility index (Phi) is 7.74. The van der Waals surface area contributed by atoms with Gasteiger partial charge in [0, 0.05) is 55.4 Å². The fourth-order valence-corrected chi connectivity index (χ4v) is 4.37. The number of pyridine rings is 1. The van der Waals surface area contributed by atoms with Crippen LogP contribution < -0.4 is 19.5 Å². The van der Waals surface area contributed by atoms with Crippen LogP contribution in [-0.2, 0) is 18.4 Å². The number of methoxy groups -OCH3 is 1. The van der Waals surface area contributed by atoms with Crippen molar-refractivity contribution in [3.05, 3.63) is 77.7 Å². The van der Waals surface area contributed by atoms with Gasteiger partial charge < -0.3 is 19.3 Å². The second-order valence-electron chi connectivity index (χ2n) is 7.91. The molecular formula is C26H24N6O4S. The number of nitrogens with one attached hydrogen (secondary N) is 2. The van der Waals surface area contributed by atoms with E-state index in [0.717, 1.165) is 5.56 Å². The van der Waals surface area contributed by atoms with E-state index in [-0.39, 0.29) is 11.4 Å². The van der Waals surface area contributed by atoms with Crippen molar-refractivity contribution in [1.82, 2.24) is 19.5 Å². The van der Waals surface area contributed by atoms with E-state index in [4.69, 9.17) is 9.47 Å². The Morgan fingerprint density at radius 3 is 2.68 bits per heavy atom. The first-order chi connectivity index (χ1) is 17.8. The van der Waals surface area contributed by atoms with Gasteiger partial charge in [0.2, 0.25) is 5.88 Å². The quantitative estimate of drug-likeness (QED) is 0.336. The first-order valence-electron chi connectivity index (χ1n) is 11.1. The molecule has 0 fully saturated rings. The molecule has 2 aromatic carbocycles. The van der Waals surface area contributed by atoms with Gasteiger partial charge in [0.25, 0.3) is 5.91 Å². The Morgan fingerprint density at radius 2 is 2.00 bits per heavy atom. The average molecular weight is 517 g/mol. The molecule has 2 heterocycles. The number of carbonyl (C=O) groups excluding carboxylic acids is 1. The van der Waals surface area contributed by atoms with Gasteiger partial charge in [0.15, 0.2) is 16.4 Å². The lowest BCUT2D eigenvalue weighted by molar-refractivity contribution is 0.102. The smallest absolute Gasteiger partial charge is 0.261 e. The predicted octanol–water partition coefficient (Wildman–Crippen LogP) is 3.96. The number of ether oxygens (including phenoxy) is 2. The molecule has 2 aromatic heterocycles. The van der Waals surface area contributed by atoms with E-state index in [1.165, 1.54) is 7.11 Å². The van der Waals surface area contributed by atoms with Gasteiger partial charge in [-0.2, -0.15) is 10.4 Å². The Hall–Kier alpha value is -4.37. The SMILES string of the molecule is CN[S@+]([O-])c1cccc(NC(=O)c2c(Oc3ccc(C#N)cc3OC)ncc(-c3cnn(C)c3)c2C)c1. The van der Waals surface area contributed by atoms with Crippen molar-refractivity contribution in [2.45, 2.75) is 11.8 Å². The number of aromatic nitrogens is 3. The number of anilines is 1. The standard InChI is InChI=1S/C26H24N6O4S/c1-16-21(18-13-30-32(3)15-18)14-29-26(36-22-9-8-17(12-27)10-23(22)35-4)24(16)25(33)31-19-6-5-7-20(11-19)37(34)28-2/h5-11,13-15,28H,1-4H3,(H,31,33)/t37-/m1/s1. The maximum atomic E-state index is 13.6. The van der Waals surface area contributed by atoms with Gasteiger partial charge in [-0.25, -0.2) is 4.98 Å². The van der Waals surface area contributed by atoms with Crippen molar-refractivity contribution in [3.63, 3.8) is 0 Å². The largest absolute Gasteiger partial charge is 0.593 e. The van der Waals surface area contributed by atoms with Crippen LogP contribution in [0.1, 0.15) is 21.5 Å². The summed E-state index contributed by atoms with van der Waals surface area (Å²) in [4.78, 5) is 18.6. The Labute approximate surface area is 217 Å². The third-order valence-corrected chi connectivity index (χ3v) is 6.59. The van der Waals surface area contributed by atoms with Crippen LogP contribution in [-0.4, -0.2) is 39.4 Å². The monoisotopic (exact) mass is 516 g/mol. The van der Waals surface area contributed by atoms with Gasteiger partial charge in [0.05, 0.1) is 36.3 Å². The molecule has 0 bridgehead atoms. The molecule has 188 valence electrons. The first-order valence-corrected chi connectivity index (χ1v) is 12.2. The number of hydrogen-bond acceptors (Lipinski definition) is 8. The van der Waals surface area contributed by atoms with E-state index < -0.39 is 17.3 Å². The van der Waals surface area contributed by atoms with Gasteiger partial charge in [-0.1, -0.05) is 6.07 Å². The van der Waals surface area contributed by atoms with Crippen LogP contribution in [0.15, 0.2) is 66.0 Å². The molecule has 0 saturated heterocycles. The van der Waals surface area contributed by atoms with Crippen molar-refractivity contribution < 1.29 is 18.8 Å². The number of hydrogen-bond donors (Lipinski definition) is 2. The summed E-state index contributed by atoms with van der Waals surface area (Å²) in [5.74, 6) is 0.206. The minimum Gasteiger partial charge on any atom is -0.593 e. The van der Waals surface area contributed by atoms with Crippen LogP contribution in [0, 0.1) is 18.3 Å². The maximum absolute atomic E-state index is 13.6. The Morgan fingerprint density at radius 1 is 1.19 bits per heavy atom. The van der Waals surface area contributed by atoms with Crippen LogP contribution in [0.25, 0.3) is 11.1 Å². The number of benzene rings is 2. The third-order valence-electron chi connectivity index (χ3n) is 5.54. The third kappa shape index (κ3) is 5.57. The number of carbonyl (C=O) groups is 1. The van der Waals surface area contributed by atoms with Gasteiger partial charge >= 0.3 is 0 Å². The van der Waals surface area contributed by atoms with E-state index in [0.29, 0.717) is 38.8 Å². The summed E-state index contributed by atoms with van der Waals surface area (Å²) in [5, 5.41) is 16.3.